The van der Waals surface area contributed by atoms with Gasteiger partial charge in [-0.2, -0.15) is 0 Å². The van der Waals surface area contributed by atoms with Crippen LogP contribution in [0.4, 0.5) is 10.5 Å². The van der Waals surface area contributed by atoms with E-state index in [0.717, 1.165) is 29.7 Å². The van der Waals surface area contributed by atoms with Crippen molar-refractivity contribution in [1.29, 1.82) is 0 Å². The summed E-state index contributed by atoms with van der Waals surface area (Å²) in [6, 6.07) is 20.3. The summed E-state index contributed by atoms with van der Waals surface area (Å²) < 4.78 is 7.82. The van der Waals surface area contributed by atoms with Gasteiger partial charge in [0.1, 0.15) is 18.0 Å². The highest BCUT2D eigenvalue weighted by molar-refractivity contribution is 5.94. The van der Waals surface area contributed by atoms with Gasteiger partial charge >= 0.3 is 6.03 Å². The zero-order valence-electron chi connectivity index (χ0n) is 19.4. The molecule has 1 aliphatic rings. The molecule has 5 rings (SSSR count). The molecule has 3 N–H and O–H groups in total. The third-order valence-corrected chi connectivity index (χ3v) is 5.83. The van der Waals surface area contributed by atoms with Gasteiger partial charge in [0.25, 0.3) is 5.91 Å². The number of nitrogens with one attached hydrogen (secondary N) is 3. The lowest BCUT2D eigenvalue weighted by Gasteiger charge is -2.16. The summed E-state index contributed by atoms with van der Waals surface area (Å²) in [5, 5.41) is 8.73. The molecule has 1 saturated carbocycles. The van der Waals surface area contributed by atoms with Crippen LogP contribution in [0.5, 0.6) is 5.75 Å². The zero-order valence-corrected chi connectivity index (χ0v) is 19.4. The van der Waals surface area contributed by atoms with E-state index in [0.29, 0.717) is 29.6 Å². The molecule has 0 spiro atoms. The van der Waals surface area contributed by atoms with E-state index < -0.39 is 0 Å². The Labute approximate surface area is 203 Å². The maximum absolute atomic E-state index is 12.8. The second-order valence-corrected chi connectivity index (χ2v) is 8.70. The molecule has 0 radical (unpaired) electrons. The molecule has 178 valence electrons. The van der Waals surface area contributed by atoms with Gasteiger partial charge in [-0.1, -0.05) is 24.3 Å². The molecule has 2 aromatic heterocycles. The number of ether oxygens (including phenoxy) is 1. The van der Waals surface area contributed by atoms with Crippen LogP contribution >= 0.6 is 0 Å². The van der Waals surface area contributed by atoms with Crippen molar-refractivity contribution in [3.8, 4) is 5.75 Å². The van der Waals surface area contributed by atoms with Crippen LogP contribution in [-0.2, 0) is 6.61 Å². The van der Waals surface area contributed by atoms with E-state index in [1.54, 1.807) is 18.2 Å². The number of hydrogen-bond donors (Lipinski definition) is 3. The van der Waals surface area contributed by atoms with Gasteiger partial charge < -0.3 is 25.1 Å². The van der Waals surface area contributed by atoms with Crippen LogP contribution < -0.4 is 20.7 Å². The minimum Gasteiger partial charge on any atom is -0.487 e. The predicted octanol–water partition coefficient (Wildman–Crippen LogP) is 4.69. The van der Waals surface area contributed by atoms with Crippen LogP contribution in [-0.4, -0.2) is 27.4 Å². The molecule has 1 aliphatic carbocycles. The average Bonchev–Trinajstić information content (AvgIpc) is 3.58. The molecule has 0 saturated heterocycles. The molecule has 4 aromatic rings. The molecule has 35 heavy (non-hydrogen) atoms. The molecular weight excluding hydrogens is 442 g/mol. The summed E-state index contributed by atoms with van der Waals surface area (Å²) in [4.78, 5) is 29.3. The SMILES string of the molecule is CC(NC(=O)c1cccc(OCc2cn3ccccc3n2)c1)c1ccc(NC(=O)NC2CC2)cc1. The Morgan fingerprint density at radius 2 is 1.91 bits per heavy atom. The standard InChI is InChI=1S/C27H27N5O3/c1-18(19-8-10-21(11-9-19)30-27(34)31-22-12-13-22)28-26(33)20-5-4-6-24(15-20)35-17-23-16-32-14-3-2-7-25(32)29-23/h2-11,14-16,18,22H,12-13,17H2,1H3,(H,28,33)(H2,30,31,34). The molecule has 2 aromatic carbocycles. The highest BCUT2D eigenvalue weighted by Gasteiger charge is 2.23. The second kappa shape index (κ2) is 9.89. The molecule has 8 nitrogen and oxygen atoms in total. The van der Waals surface area contributed by atoms with Crippen molar-refractivity contribution < 1.29 is 14.3 Å². The quantitative estimate of drug-likeness (QED) is 0.349. The summed E-state index contributed by atoms with van der Waals surface area (Å²) in [5.41, 5.74) is 3.83. The number of pyridine rings is 1. The largest absolute Gasteiger partial charge is 0.487 e. The van der Waals surface area contributed by atoms with Gasteiger partial charge in [-0.15, -0.1) is 0 Å². The Balaban J connectivity index is 1.16. The van der Waals surface area contributed by atoms with Crippen LogP contribution in [0.1, 0.15) is 47.4 Å². The van der Waals surface area contributed by atoms with Crippen molar-refractivity contribution in [3.05, 3.63) is 95.9 Å². The van der Waals surface area contributed by atoms with Crippen molar-refractivity contribution in [2.75, 3.05) is 5.32 Å². The predicted molar refractivity (Wildman–Crippen MR) is 133 cm³/mol. The topological polar surface area (TPSA) is 96.8 Å². The smallest absolute Gasteiger partial charge is 0.319 e. The van der Waals surface area contributed by atoms with E-state index >= 15 is 0 Å². The molecular formula is C27H27N5O3. The Kier molecular flexibility index (Phi) is 6.34. The van der Waals surface area contributed by atoms with E-state index in [9.17, 15) is 9.59 Å². The monoisotopic (exact) mass is 469 g/mol. The zero-order chi connectivity index (χ0) is 24.2. The van der Waals surface area contributed by atoms with Gasteiger partial charge in [0.2, 0.25) is 0 Å². The fourth-order valence-corrected chi connectivity index (χ4v) is 3.74. The number of carbonyl (C=O) groups is 2. The highest BCUT2D eigenvalue weighted by Crippen LogP contribution is 2.21. The lowest BCUT2D eigenvalue weighted by atomic mass is 10.1. The van der Waals surface area contributed by atoms with Crippen molar-refractivity contribution in [2.24, 2.45) is 0 Å². The number of benzene rings is 2. The van der Waals surface area contributed by atoms with Crippen molar-refractivity contribution >= 4 is 23.3 Å². The van der Waals surface area contributed by atoms with Gasteiger partial charge in [-0.25, -0.2) is 9.78 Å². The van der Waals surface area contributed by atoms with Gasteiger partial charge in [0.15, 0.2) is 0 Å². The first-order valence-corrected chi connectivity index (χ1v) is 11.7. The molecule has 1 atom stereocenters. The van der Waals surface area contributed by atoms with Crippen molar-refractivity contribution in [2.45, 2.75) is 38.5 Å². The van der Waals surface area contributed by atoms with Crippen LogP contribution in [0, 0.1) is 0 Å². The minimum absolute atomic E-state index is 0.190. The number of fused-ring (bicyclic) bond motifs is 1. The van der Waals surface area contributed by atoms with E-state index in [1.807, 2.05) is 72.2 Å². The van der Waals surface area contributed by atoms with Gasteiger partial charge in [0, 0.05) is 29.7 Å². The molecule has 3 amide bonds. The normalized spacial score (nSPS) is 13.7. The number of hydrogen-bond acceptors (Lipinski definition) is 4. The third kappa shape index (κ3) is 5.78. The van der Waals surface area contributed by atoms with Crippen LogP contribution in [0.25, 0.3) is 5.65 Å². The summed E-state index contributed by atoms with van der Waals surface area (Å²) in [6.07, 6.45) is 5.95. The number of aromatic nitrogens is 2. The molecule has 0 aliphatic heterocycles. The minimum atomic E-state index is -0.209. The summed E-state index contributed by atoms with van der Waals surface area (Å²) in [6.45, 7) is 2.23. The lowest BCUT2D eigenvalue weighted by Crippen LogP contribution is -2.30. The molecule has 2 heterocycles. The molecule has 0 bridgehead atoms. The third-order valence-electron chi connectivity index (χ3n) is 5.83. The Hall–Kier alpha value is -4.33. The van der Waals surface area contributed by atoms with E-state index in [4.69, 9.17) is 4.74 Å². The van der Waals surface area contributed by atoms with Gasteiger partial charge in [0.05, 0.1) is 11.7 Å². The Morgan fingerprint density at radius 1 is 1.09 bits per heavy atom. The first kappa shape index (κ1) is 22.5. The molecule has 1 fully saturated rings. The maximum Gasteiger partial charge on any atom is 0.319 e. The number of amides is 3. The molecule has 8 heteroatoms. The van der Waals surface area contributed by atoms with Crippen molar-refractivity contribution in [1.82, 2.24) is 20.0 Å². The fraction of sp³-hybridized carbons (Fsp3) is 0.222. The summed E-state index contributed by atoms with van der Waals surface area (Å²) in [5.74, 6) is 0.406. The first-order chi connectivity index (χ1) is 17.0. The van der Waals surface area contributed by atoms with E-state index in [2.05, 4.69) is 20.9 Å². The number of rotatable bonds is 8. The number of nitrogens with zero attached hydrogens (tertiary/aromatic N) is 2. The summed E-state index contributed by atoms with van der Waals surface area (Å²) in [7, 11) is 0. The lowest BCUT2D eigenvalue weighted by molar-refractivity contribution is 0.0939. The number of carbonyl (C=O) groups excluding carboxylic acids is 2. The number of anilines is 1. The van der Waals surface area contributed by atoms with E-state index in [1.165, 1.54) is 0 Å². The fourth-order valence-electron chi connectivity index (χ4n) is 3.74. The average molecular weight is 470 g/mol. The van der Waals surface area contributed by atoms with Crippen LogP contribution in [0.3, 0.4) is 0 Å². The molecule has 1 unspecified atom stereocenters. The van der Waals surface area contributed by atoms with Crippen LogP contribution in [0.2, 0.25) is 0 Å². The second-order valence-electron chi connectivity index (χ2n) is 8.70. The first-order valence-electron chi connectivity index (χ1n) is 11.7. The van der Waals surface area contributed by atoms with Gasteiger partial charge in [-0.05, 0) is 67.8 Å². The summed E-state index contributed by atoms with van der Waals surface area (Å²) >= 11 is 0. The van der Waals surface area contributed by atoms with E-state index in [-0.39, 0.29) is 18.0 Å². The number of imidazole rings is 1. The highest BCUT2D eigenvalue weighted by atomic mass is 16.5. The Morgan fingerprint density at radius 3 is 2.69 bits per heavy atom. The Bertz CT molecular complexity index is 1310. The van der Waals surface area contributed by atoms with Gasteiger partial charge in [-0.3, -0.25) is 4.79 Å². The van der Waals surface area contributed by atoms with Crippen LogP contribution in [0.15, 0.2) is 79.1 Å². The number of urea groups is 1. The maximum atomic E-state index is 12.8. The van der Waals surface area contributed by atoms with Crippen molar-refractivity contribution in [3.63, 3.8) is 0 Å².